The molecule has 3 N–H and O–H groups in total. The molecule has 0 unspecified atom stereocenters. The average molecular weight is 410 g/mol. The summed E-state index contributed by atoms with van der Waals surface area (Å²) in [5.41, 5.74) is 0.803. The monoisotopic (exact) mass is 410 g/mol. The van der Waals surface area contributed by atoms with Gasteiger partial charge in [-0.3, -0.25) is 9.59 Å². The number of carbonyl (C=O) groups excluding carboxylic acids is 2. The van der Waals surface area contributed by atoms with Gasteiger partial charge in [-0.25, -0.2) is 0 Å². The van der Waals surface area contributed by atoms with E-state index in [4.69, 9.17) is 14.2 Å². The van der Waals surface area contributed by atoms with Gasteiger partial charge in [0.15, 0.2) is 12.2 Å². The van der Waals surface area contributed by atoms with Gasteiger partial charge in [0, 0.05) is 12.8 Å². The second-order valence-corrected chi connectivity index (χ2v) is 7.14. The lowest BCUT2D eigenvalue weighted by atomic mass is 9.84. The van der Waals surface area contributed by atoms with E-state index < -0.39 is 48.6 Å². The Labute approximate surface area is 170 Å². The van der Waals surface area contributed by atoms with Crippen LogP contribution < -0.4 is 0 Å². The Kier molecular flexibility index (Phi) is 9.03. The highest BCUT2D eigenvalue weighted by atomic mass is 16.6. The molecule has 2 rings (SSSR count). The molecule has 1 saturated carbocycles. The van der Waals surface area contributed by atoms with Crippen molar-refractivity contribution in [1.29, 1.82) is 0 Å². The molecule has 162 valence electrons. The summed E-state index contributed by atoms with van der Waals surface area (Å²) in [6, 6.07) is 9.11. The lowest BCUT2D eigenvalue weighted by Gasteiger charge is -2.44. The van der Waals surface area contributed by atoms with Crippen LogP contribution in [0.15, 0.2) is 30.3 Å². The van der Waals surface area contributed by atoms with Crippen molar-refractivity contribution in [3.63, 3.8) is 0 Å². The lowest BCUT2D eigenvalue weighted by molar-refractivity contribution is -0.251. The fraction of sp³-hybridized carbons (Fsp3) is 0.619. The molecule has 0 amide bonds. The van der Waals surface area contributed by atoms with Crippen LogP contribution in [-0.4, -0.2) is 63.9 Å². The van der Waals surface area contributed by atoms with E-state index in [1.807, 2.05) is 30.3 Å². The first-order chi connectivity index (χ1) is 13.9. The first-order valence-electron chi connectivity index (χ1n) is 9.97. The third kappa shape index (κ3) is 6.24. The second kappa shape index (κ2) is 11.3. The third-order valence-corrected chi connectivity index (χ3v) is 4.75. The summed E-state index contributed by atoms with van der Waals surface area (Å²) in [6.45, 7) is 3.65. The topological polar surface area (TPSA) is 123 Å². The Balaban J connectivity index is 2.19. The number of ether oxygens (including phenoxy) is 3. The molecule has 29 heavy (non-hydrogen) atoms. The zero-order valence-electron chi connectivity index (χ0n) is 16.8. The van der Waals surface area contributed by atoms with Gasteiger partial charge in [0.2, 0.25) is 0 Å². The minimum Gasteiger partial charge on any atom is -0.457 e. The first-order valence-corrected chi connectivity index (χ1v) is 9.97. The van der Waals surface area contributed by atoms with Crippen LogP contribution in [0.3, 0.4) is 0 Å². The van der Waals surface area contributed by atoms with Gasteiger partial charge in [0.1, 0.15) is 24.4 Å². The van der Waals surface area contributed by atoms with Crippen molar-refractivity contribution in [1.82, 2.24) is 0 Å². The molecular formula is C21H30O8. The molecule has 1 aliphatic carbocycles. The van der Waals surface area contributed by atoms with Crippen molar-refractivity contribution in [3.8, 4) is 0 Å². The highest BCUT2D eigenvalue weighted by Crippen LogP contribution is 2.29. The fourth-order valence-electron chi connectivity index (χ4n) is 3.24. The van der Waals surface area contributed by atoms with E-state index in [0.717, 1.165) is 5.56 Å². The van der Waals surface area contributed by atoms with Crippen LogP contribution in [0.1, 0.15) is 45.1 Å². The zero-order valence-corrected chi connectivity index (χ0v) is 16.8. The minimum atomic E-state index is -1.59. The van der Waals surface area contributed by atoms with E-state index in [1.54, 1.807) is 13.8 Å². The van der Waals surface area contributed by atoms with Crippen molar-refractivity contribution in [2.45, 2.75) is 82.8 Å². The Hall–Kier alpha value is -2.00. The number of hydrogen-bond donors (Lipinski definition) is 3. The average Bonchev–Trinajstić information content (AvgIpc) is 2.70. The number of carbonyl (C=O) groups is 2. The molecule has 1 aliphatic rings. The molecule has 0 bridgehead atoms. The van der Waals surface area contributed by atoms with Crippen molar-refractivity contribution in [3.05, 3.63) is 35.9 Å². The molecule has 0 radical (unpaired) electrons. The normalized spacial score (nSPS) is 29.3. The second-order valence-electron chi connectivity index (χ2n) is 7.14. The Bertz CT molecular complexity index is 615. The Morgan fingerprint density at radius 1 is 0.793 bits per heavy atom. The summed E-state index contributed by atoms with van der Waals surface area (Å²) in [5, 5.41) is 31.9. The molecule has 0 saturated heterocycles. The van der Waals surface area contributed by atoms with Crippen LogP contribution >= 0.6 is 0 Å². The van der Waals surface area contributed by atoms with Crippen molar-refractivity contribution in [2.75, 3.05) is 0 Å². The van der Waals surface area contributed by atoms with Gasteiger partial charge >= 0.3 is 11.9 Å². The van der Waals surface area contributed by atoms with Crippen LogP contribution in [0.4, 0.5) is 0 Å². The number of hydrogen-bond acceptors (Lipinski definition) is 8. The van der Waals surface area contributed by atoms with Gasteiger partial charge in [0.05, 0.1) is 6.61 Å². The van der Waals surface area contributed by atoms with Crippen LogP contribution in [0.25, 0.3) is 0 Å². The first kappa shape index (κ1) is 23.3. The van der Waals surface area contributed by atoms with E-state index in [9.17, 15) is 24.9 Å². The molecule has 0 aliphatic heterocycles. The maximum Gasteiger partial charge on any atom is 0.306 e. The van der Waals surface area contributed by atoms with Crippen LogP contribution in [0.5, 0.6) is 0 Å². The smallest absolute Gasteiger partial charge is 0.306 e. The SMILES string of the molecule is CCCC(=O)O[C@@H]1[C@@H](O)[C@@H](OC(=O)CCC)[C@@H](O)[C@H](OCc2ccccc2)[C@H]1O. The zero-order chi connectivity index (χ0) is 21.4. The van der Waals surface area contributed by atoms with E-state index in [0.29, 0.717) is 12.8 Å². The number of aliphatic hydroxyl groups excluding tert-OH is 3. The third-order valence-electron chi connectivity index (χ3n) is 4.75. The highest BCUT2D eigenvalue weighted by molar-refractivity contribution is 5.70. The predicted octanol–water partition coefficient (Wildman–Crippen LogP) is 1.09. The van der Waals surface area contributed by atoms with E-state index in [-0.39, 0.29) is 19.4 Å². The molecule has 8 nitrogen and oxygen atoms in total. The van der Waals surface area contributed by atoms with Crippen LogP contribution in [-0.2, 0) is 30.4 Å². The van der Waals surface area contributed by atoms with E-state index in [2.05, 4.69) is 0 Å². The summed E-state index contributed by atoms with van der Waals surface area (Å²) in [5.74, 6) is -1.21. The molecule has 1 aromatic rings. The molecule has 1 aromatic carbocycles. The fourth-order valence-corrected chi connectivity index (χ4v) is 3.24. The molecule has 0 heterocycles. The predicted molar refractivity (Wildman–Crippen MR) is 103 cm³/mol. The van der Waals surface area contributed by atoms with Gasteiger partial charge in [0.25, 0.3) is 0 Å². The molecule has 0 spiro atoms. The number of benzene rings is 1. The van der Waals surface area contributed by atoms with Crippen LogP contribution in [0, 0.1) is 0 Å². The van der Waals surface area contributed by atoms with E-state index >= 15 is 0 Å². The highest BCUT2D eigenvalue weighted by Gasteiger charge is 2.53. The number of aliphatic hydroxyl groups is 3. The molecule has 8 heteroatoms. The summed E-state index contributed by atoms with van der Waals surface area (Å²) in [4.78, 5) is 23.9. The molecule has 0 aromatic heterocycles. The molecule has 1 fully saturated rings. The van der Waals surface area contributed by atoms with Crippen molar-refractivity contribution in [2.24, 2.45) is 0 Å². The Morgan fingerprint density at radius 3 is 1.69 bits per heavy atom. The summed E-state index contributed by atoms with van der Waals surface area (Å²) in [6.07, 6.45) is -7.31. The van der Waals surface area contributed by atoms with Gasteiger partial charge in [-0.05, 0) is 18.4 Å². The summed E-state index contributed by atoms with van der Waals surface area (Å²) >= 11 is 0. The van der Waals surface area contributed by atoms with Crippen molar-refractivity contribution < 1.29 is 39.1 Å². The van der Waals surface area contributed by atoms with Gasteiger partial charge in [-0.2, -0.15) is 0 Å². The van der Waals surface area contributed by atoms with Gasteiger partial charge < -0.3 is 29.5 Å². The van der Waals surface area contributed by atoms with E-state index in [1.165, 1.54) is 0 Å². The Morgan fingerprint density at radius 2 is 1.24 bits per heavy atom. The molecule has 6 atom stereocenters. The quantitative estimate of drug-likeness (QED) is 0.517. The number of rotatable bonds is 9. The van der Waals surface area contributed by atoms with Gasteiger partial charge in [-0.15, -0.1) is 0 Å². The maximum atomic E-state index is 11.9. The lowest BCUT2D eigenvalue weighted by Crippen LogP contribution is -2.66. The summed E-state index contributed by atoms with van der Waals surface area (Å²) in [7, 11) is 0. The minimum absolute atomic E-state index is 0.0704. The maximum absolute atomic E-state index is 11.9. The number of esters is 2. The standard InChI is InChI=1S/C21H30O8/c1-3-8-14(22)28-20-16(24)19(27-12-13-10-6-5-7-11-13)17(25)21(18(20)26)29-15(23)9-4-2/h5-7,10-11,16-21,24-26H,3-4,8-9,12H2,1-2H3/t16-,17+,18-,19-,20-,21-/m0/s1. The van der Waals surface area contributed by atoms with Gasteiger partial charge in [-0.1, -0.05) is 44.2 Å². The van der Waals surface area contributed by atoms with Crippen molar-refractivity contribution >= 4 is 11.9 Å². The largest absolute Gasteiger partial charge is 0.457 e. The summed E-state index contributed by atoms with van der Waals surface area (Å²) < 4.78 is 16.2. The van der Waals surface area contributed by atoms with Crippen LogP contribution in [0.2, 0.25) is 0 Å². The molecular weight excluding hydrogens is 380 g/mol.